The van der Waals surface area contributed by atoms with Crippen LogP contribution in [0.5, 0.6) is 0 Å². The normalized spacial score (nSPS) is 42.9. The summed E-state index contributed by atoms with van der Waals surface area (Å²) in [6.07, 6.45) is 11.4. The number of hydrogen-bond acceptors (Lipinski definition) is 1. The van der Waals surface area contributed by atoms with Crippen molar-refractivity contribution < 1.29 is 5.11 Å². The van der Waals surface area contributed by atoms with Crippen molar-refractivity contribution in [1.82, 2.24) is 0 Å². The number of hydrogen-bond donors (Lipinski definition) is 1. The van der Waals surface area contributed by atoms with Gasteiger partial charge in [-0.15, -0.1) is 0 Å². The van der Waals surface area contributed by atoms with Crippen molar-refractivity contribution in [3.63, 3.8) is 0 Å². The number of aliphatic hydroxyl groups excluding tert-OH is 1. The van der Waals surface area contributed by atoms with E-state index in [0.717, 1.165) is 18.3 Å². The second-order valence-electron chi connectivity index (χ2n) is 5.31. The third kappa shape index (κ3) is 1.33. The highest BCUT2D eigenvalue weighted by Gasteiger charge is 2.56. The molecule has 0 aromatic rings. The Labute approximate surface area is 86.2 Å². The molecule has 0 aromatic carbocycles. The second-order valence-corrected chi connectivity index (χ2v) is 5.31. The van der Waals surface area contributed by atoms with Crippen molar-refractivity contribution in [3.8, 4) is 0 Å². The molecule has 0 amide bonds. The maximum Gasteiger partial charge on any atom is 0.0783 e. The quantitative estimate of drug-likeness (QED) is 0.667. The van der Waals surface area contributed by atoms with Crippen LogP contribution in [0.15, 0.2) is 11.6 Å². The molecule has 0 spiro atoms. The summed E-state index contributed by atoms with van der Waals surface area (Å²) in [5.74, 6) is 2.45. The Morgan fingerprint density at radius 1 is 1.14 bits per heavy atom. The summed E-state index contributed by atoms with van der Waals surface area (Å²) in [7, 11) is 0. The summed E-state index contributed by atoms with van der Waals surface area (Å²) in [4.78, 5) is 0. The highest BCUT2D eigenvalue weighted by Crippen LogP contribution is 2.60. The number of aliphatic hydroxyl groups is 1. The van der Waals surface area contributed by atoms with Gasteiger partial charge in [-0.1, -0.05) is 12.5 Å². The maximum atomic E-state index is 10.3. The zero-order valence-corrected chi connectivity index (χ0v) is 8.78. The van der Waals surface area contributed by atoms with E-state index < -0.39 is 0 Å². The fourth-order valence-electron chi connectivity index (χ4n) is 3.72. The van der Waals surface area contributed by atoms with Gasteiger partial charge in [0, 0.05) is 0 Å². The Morgan fingerprint density at radius 3 is 2.57 bits per heavy atom. The van der Waals surface area contributed by atoms with Crippen LogP contribution in [-0.4, -0.2) is 11.2 Å². The first-order valence-corrected chi connectivity index (χ1v) is 6.25. The molecule has 0 heterocycles. The average Bonchev–Trinajstić information content (AvgIpc) is 2.72. The second kappa shape index (κ2) is 3.37. The first-order chi connectivity index (χ1) is 6.88. The summed E-state index contributed by atoms with van der Waals surface area (Å²) < 4.78 is 0. The molecule has 3 aliphatic carbocycles. The van der Waals surface area contributed by atoms with E-state index in [1.54, 1.807) is 0 Å². The van der Waals surface area contributed by atoms with E-state index >= 15 is 0 Å². The molecule has 1 heteroatoms. The predicted molar refractivity (Wildman–Crippen MR) is 56.9 cm³/mol. The van der Waals surface area contributed by atoms with Crippen LogP contribution in [0.1, 0.15) is 44.9 Å². The lowest BCUT2D eigenvalue weighted by Crippen LogP contribution is -2.17. The van der Waals surface area contributed by atoms with Crippen molar-refractivity contribution in [2.24, 2.45) is 17.8 Å². The van der Waals surface area contributed by atoms with Crippen LogP contribution in [0.25, 0.3) is 0 Å². The molecule has 2 fully saturated rings. The van der Waals surface area contributed by atoms with E-state index in [1.807, 2.05) is 0 Å². The van der Waals surface area contributed by atoms with Crippen molar-refractivity contribution in [2.75, 3.05) is 0 Å². The number of fused-ring (bicyclic) bond motifs is 1. The zero-order chi connectivity index (χ0) is 9.54. The van der Waals surface area contributed by atoms with Gasteiger partial charge in [0.2, 0.25) is 0 Å². The van der Waals surface area contributed by atoms with Crippen molar-refractivity contribution >= 4 is 0 Å². The van der Waals surface area contributed by atoms with Crippen molar-refractivity contribution in [2.45, 2.75) is 51.0 Å². The number of rotatable bonds is 2. The molecule has 0 aromatic heterocycles. The molecule has 14 heavy (non-hydrogen) atoms. The molecule has 3 atom stereocenters. The lowest BCUT2D eigenvalue weighted by atomic mass is 9.91. The van der Waals surface area contributed by atoms with E-state index in [1.165, 1.54) is 44.1 Å². The molecule has 0 radical (unpaired) electrons. The van der Waals surface area contributed by atoms with Gasteiger partial charge in [0.25, 0.3) is 0 Å². The summed E-state index contributed by atoms with van der Waals surface area (Å²) in [5, 5.41) is 10.3. The smallest absolute Gasteiger partial charge is 0.0783 e. The minimum atomic E-state index is -0.0643. The molecule has 0 bridgehead atoms. The van der Waals surface area contributed by atoms with E-state index in [9.17, 15) is 5.11 Å². The molecule has 78 valence electrons. The molecule has 1 nitrogen and oxygen atoms in total. The molecular formula is C13H20O. The van der Waals surface area contributed by atoms with Crippen molar-refractivity contribution in [3.05, 3.63) is 11.6 Å². The van der Waals surface area contributed by atoms with Gasteiger partial charge in [-0.25, -0.2) is 0 Å². The minimum Gasteiger partial charge on any atom is -0.388 e. The molecule has 0 saturated heterocycles. The molecule has 3 rings (SSSR count). The van der Waals surface area contributed by atoms with Gasteiger partial charge >= 0.3 is 0 Å². The van der Waals surface area contributed by atoms with E-state index in [4.69, 9.17) is 0 Å². The Morgan fingerprint density at radius 2 is 1.93 bits per heavy atom. The lowest BCUT2D eigenvalue weighted by molar-refractivity contribution is 0.164. The van der Waals surface area contributed by atoms with Gasteiger partial charge in [0.15, 0.2) is 0 Å². The van der Waals surface area contributed by atoms with Crippen LogP contribution in [0.3, 0.4) is 0 Å². The van der Waals surface area contributed by atoms with Gasteiger partial charge in [0.1, 0.15) is 0 Å². The Balaban J connectivity index is 1.65. The molecule has 3 aliphatic rings. The Kier molecular flexibility index (Phi) is 2.16. The predicted octanol–water partition coefficient (Wildman–Crippen LogP) is 2.89. The maximum absolute atomic E-state index is 10.3. The molecule has 3 unspecified atom stereocenters. The largest absolute Gasteiger partial charge is 0.388 e. The minimum absolute atomic E-state index is 0.0643. The van der Waals surface area contributed by atoms with E-state index in [-0.39, 0.29) is 6.10 Å². The van der Waals surface area contributed by atoms with E-state index in [0.29, 0.717) is 5.92 Å². The lowest BCUT2D eigenvalue weighted by Gasteiger charge is -2.19. The zero-order valence-electron chi connectivity index (χ0n) is 8.78. The van der Waals surface area contributed by atoms with Crippen LogP contribution in [0, 0.1) is 17.8 Å². The SMILES string of the molecule is OC(C1=CCCCC1)C1C2CCCC21. The molecule has 0 aliphatic heterocycles. The third-order valence-electron chi connectivity index (χ3n) is 4.54. The van der Waals surface area contributed by atoms with Crippen LogP contribution in [0.2, 0.25) is 0 Å². The topological polar surface area (TPSA) is 20.2 Å². The Bertz CT molecular complexity index is 246. The Hall–Kier alpha value is -0.300. The van der Waals surface area contributed by atoms with Gasteiger partial charge < -0.3 is 5.11 Å². The molecular weight excluding hydrogens is 172 g/mol. The summed E-state index contributed by atoms with van der Waals surface area (Å²) in [5.41, 5.74) is 1.37. The van der Waals surface area contributed by atoms with Gasteiger partial charge in [-0.05, 0) is 61.9 Å². The third-order valence-corrected chi connectivity index (χ3v) is 4.54. The first kappa shape index (κ1) is 8.96. The monoisotopic (exact) mass is 192 g/mol. The fraction of sp³-hybridized carbons (Fsp3) is 0.846. The van der Waals surface area contributed by atoms with Crippen LogP contribution in [-0.2, 0) is 0 Å². The molecule has 1 N–H and O–H groups in total. The number of allylic oxidation sites excluding steroid dienone is 1. The standard InChI is InChI=1S/C13H20O/c14-13(9-5-2-1-3-6-9)12-10-7-4-8-11(10)12/h5,10-14H,1-4,6-8H2. The van der Waals surface area contributed by atoms with Crippen LogP contribution in [0.4, 0.5) is 0 Å². The van der Waals surface area contributed by atoms with Gasteiger partial charge in [-0.2, -0.15) is 0 Å². The van der Waals surface area contributed by atoms with Gasteiger partial charge in [0.05, 0.1) is 6.10 Å². The van der Waals surface area contributed by atoms with E-state index in [2.05, 4.69) is 6.08 Å². The van der Waals surface area contributed by atoms with Crippen LogP contribution >= 0.6 is 0 Å². The van der Waals surface area contributed by atoms with Gasteiger partial charge in [-0.3, -0.25) is 0 Å². The summed E-state index contributed by atoms with van der Waals surface area (Å²) in [6, 6.07) is 0. The highest BCUT2D eigenvalue weighted by molar-refractivity contribution is 5.18. The summed E-state index contributed by atoms with van der Waals surface area (Å²) in [6.45, 7) is 0. The molecule has 2 saturated carbocycles. The van der Waals surface area contributed by atoms with Crippen molar-refractivity contribution in [1.29, 1.82) is 0 Å². The highest BCUT2D eigenvalue weighted by atomic mass is 16.3. The summed E-state index contributed by atoms with van der Waals surface area (Å²) >= 11 is 0. The fourth-order valence-corrected chi connectivity index (χ4v) is 3.72. The van der Waals surface area contributed by atoms with Crippen LogP contribution < -0.4 is 0 Å². The first-order valence-electron chi connectivity index (χ1n) is 6.25. The average molecular weight is 192 g/mol.